The van der Waals surface area contributed by atoms with Crippen molar-refractivity contribution in [1.29, 1.82) is 0 Å². The lowest BCUT2D eigenvalue weighted by molar-refractivity contribution is -0.133. The number of hydrogen-bond acceptors (Lipinski definition) is 4. The minimum absolute atomic E-state index is 0.0575. The van der Waals surface area contributed by atoms with Crippen molar-refractivity contribution in [2.24, 2.45) is 0 Å². The molecule has 2 aliphatic rings. The summed E-state index contributed by atoms with van der Waals surface area (Å²) in [5.41, 5.74) is 0.949. The molecule has 1 saturated heterocycles. The Morgan fingerprint density at radius 1 is 1.32 bits per heavy atom. The zero-order valence-corrected chi connectivity index (χ0v) is 12.6. The third-order valence-corrected chi connectivity index (χ3v) is 3.95. The predicted molar refractivity (Wildman–Crippen MR) is 79.8 cm³/mol. The van der Waals surface area contributed by atoms with Crippen molar-refractivity contribution < 1.29 is 19.1 Å². The van der Waals surface area contributed by atoms with Crippen molar-refractivity contribution in [3.63, 3.8) is 0 Å². The van der Waals surface area contributed by atoms with Gasteiger partial charge in [0.25, 0.3) is 0 Å². The van der Waals surface area contributed by atoms with Crippen LogP contribution in [0.3, 0.4) is 0 Å². The minimum atomic E-state index is -0.152. The second kappa shape index (κ2) is 6.25. The molecule has 0 radical (unpaired) electrons. The third kappa shape index (κ3) is 3.16. The van der Waals surface area contributed by atoms with E-state index >= 15 is 0 Å². The molecule has 0 saturated carbocycles. The molecule has 2 heterocycles. The molecule has 2 amide bonds. The highest BCUT2D eigenvalue weighted by molar-refractivity contribution is 5.86. The molecule has 0 bridgehead atoms. The SMILES string of the molecule is C[C@@H](NC(=O)CN1CCCC1=O)c1ccc2c(c1)OCCO2. The van der Waals surface area contributed by atoms with Gasteiger partial charge in [0.05, 0.1) is 12.6 Å². The van der Waals surface area contributed by atoms with E-state index in [1.54, 1.807) is 4.90 Å². The average Bonchev–Trinajstić information content (AvgIpc) is 2.91. The minimum Gasteiger partial charge on any atom is -0.486 e. The van der Waals surface area contributed by atoms with Crippen molar-refractivity contribution in [2.75, 3.05) is 26.3 Å². The van der Waals surface area contributed by atoms with Gasteiger partial charge in [0.1, 0.15) is 13.2 Å². The maximum absolute atomic E-state index is 12.1. The molecule has 1 atom stereocenters. The fraction of sp³-hybridized carbons (Fsp3) is 0.500. The number of carbonyl (C=O) groups excluding carboxylic acids is 2. The van der Waals surface area contributed by atoms with Gasteiger partial charge in [-0.05, 0) is 31.0 Å². The Labute approximate surface area is 129 Å². The maximum Gasteiger partial charge on any atom is 0.240 e. The number of nitrogens with one attached hydrogen (secondary N) is 1. The van der Waals surface area contributed by atoms with Gasteiger partial charge in [-0.3, -0.25) is 9.59 Å². The first-order valence-electron chi connectivity index (χ1n) is 7.60. The number of fused-ring (bicyclic) bond motifs is 1. The Hall–Kier alpha value is -2.24. The summed E-state index contributed by atoms with van der Waals surface area (Å²) in [4.78, 5) is 25.2. The number of likely N-dealkylation sites (tertiary alicyclic amines) is 1. The van der Waals surface area contributed by atoms with Gasteiger partial charge >= 0.3 is 0 Å². The first kappa shape index (κ1) is 14.7. The van der Waals surface area contributed by atoms with Gasteiger partial charge < -0.3 is 19.7 Å². The van der Waals surface area contributed by atoms with Crippen LogP contribution in [0.5, 0.6) is 11.5 Å². The second-order valence-corrected chi connectivity index (χ2v) is 5.61. The maximum atomic E-state index is 12.1. The van der Waals surface area contributed by atoms with Crippen molar-refractivity contribution in [2.45, 2.75) is 25.8 Å². The van der Waals surface area contributed by atoms with Crippen LogP contribution in [-0.4, -0.2) is 43.0 Å². The Bertz CT molecular complexity index is 588. The van der Waals surface area contributed by atoms with Gasteiger partial charge in [-0.1, -0.05) is 6.07 Å². The normalized spacial score (nSPS) is 18.2. The average molecular weight is 304 g/mol. The summed E-state index contributed by atoms with van der Waals surface area (Å²) in [6.07, 6.45) is 1.38. The topological polar surface area (TPSA) is 67.9 Å². The van der Waals surface area contributed by atoms with E-state index < -0.39 is 0 Å². The molecule has 0 unspecified atom stereocenters. The van der Waals surface area contributed by atoms with Crippen molar-refractivity contribution in [3.05, 3.63) is 23.8 Å². The largest absolute Gasteiger partial charge is 0.486 e. The van der Waals surface area contributed by atoms with Gasteiger partial charge in [0.15, 0.2) is 11.5 Å². The highest BCUT2D eigenvalue weighted by Crippen LogP contribution is 2.32. The molecule has 3 rings (SSSR count). The highest BCUT2D eigenvalue weighted by Gasteiger charge is 2.23. The van der Waals surface area contributed by atoms with E-state index in [2.05, 4.69) is 5.32 Å². The zero-order valence-electron chi connectivity index (χ0n) is 12.6. The molecule has 1 N–H and O–H groups in total. The summed E-state index contributed by atoms with van der Waals surface area (Å²) in [6, 6.07) is 5.51. The molecule has 6 heteroatoms. The lowest BCUT2D eigenvalue weighted by Crippen LogP contribution is -2.38. The lowest BCUT2D eigenvalue weighted by Gasteiger charge is -2.22. The van der Waals surface area contributed by atoms with E-state index in [1.807, 2.05) is 25.1 Å². The molecule has 0 aromatic heterocycles. The van der Waals surface area contributed by atoms with Gasteiger partial charge in [0, 0.05) is 13.0 Å². The van der Waals surface area contributed by atoms with Crippen LogP contribution in [0.4, 0.5) is 0 Å². The van der Waals surface area contributed by atoms with Crippen LogP contribution < -0.4 is 14.8 Å². The van der Waals surface area contributed by atoms with Crippen LogP contribution in [-0.2, 0) is 9.59 Å². The molecule has 6 nitrogen and oxygen atoms in total. The highest BCUT2D eigenvalue weighted by atomic mass is 16.6. The molecule has 118 valence electrons. The monoisotopic (exact) mass is 304 g/mol. The molecule has 0 aliphatic carbocycles. The number of nitrogens with zero attached hydrogens (tertiary/aromatic N) is 1. The number of hydrogen-bond donors (Lipinski definition) is 1. The van der Waals surface area contributed by atoms with Crippen molar-refractivity contribution >= 4 is 11.8 Å². The van der Waals surface area contributed by atoms with Gasteiger partial charge in [-0.25, -0.2) is 0 Å². The van der Waals surface area contributed by atoms with Crippen LogP contribution in [0.2, 0.25) is 0 Å². The van der Waals surface area contributed by atoms with Crippen LogP contribution in [0.15, 0.2) is 18.2 Å². The van der Waals surface area contributed by atoms with Gasteiger partial charge in [-0.15, -0.1) is 0 Å². The summed E-state index contributed by atoms with van der Waals surface area (Å²) in [7, 11) is 0. The number of benzene rings is 1. The Kier molecular flexibility index (Phi) is 4.18. The molecule has 1 fully saturated rings. The smallest absolute Gasteiger partial charge is 0.240 e. The third-order valence-electron chi connectivity index (χ3n) is 3.95. The fourth-order valence-corrected chi connectivity index (χ4v) is 2.74. The number of rotatable bonds is 4. The molecule has 1 aromatic carbocycles. The van der Waals surface area contributed by atoms with E-state index in [0.29, 0.717) is 31.9 Å². The van der Waals surface area contributed by atoms with E-state index in [1.165, 1.54) is 0 Å². The van der Waals surface area contributed by atoms with Crippen molar-refractivity contribution in [3.8, 4) is 11.5 Å². The standard InChI is InChI=1S/C16H20N2O4/c1-11(17-15(19)10-18-6-2-3-16(18)20)12-4-5-13-14(9-12)22-8-7-21-13/h4-5,9,11H,2-3,6-8,10H2,1H3,(H,17,19)/t11-/m1/s1. The quantitative estimate of drug-likeness (QED) is 0.909. The van der Waals surface area contributed by atoms with E-state index in [0.717, 1.165) is 17.7 Å². The van der Waals surface area contributed by atoms with Crippen LogP contribution in [0.25, 0.3) is 0 Å². The number of ether oxygens (including phenoxy) is 2. The van der Waals surface area contributed by atoms with Gasteiger partial charge in [0.2, 0.25) is 11.8 Å². The summed E-state index contributed by atoms with van der Waals surface area (Å²) >= 11 is 0. The predicted octanol–water partition coefficient (Wildman–Crippen LogP) is 1.26. The molecular weight excluding hydrogens is 284 g/mol. The number of amides is 2. The van der Waals surface area contributed by atoms with Crippen molar-refractivity contribution in [1.82, 2.24) is 10.2 Å². The summed E-state index contributed by atoms with van der Waals surface area (Å²) < 4.78 is 11.0. The first-order chi connectivity index (χ1) is 10.6. The van der Waals surface area contributed by atoms with E-state index in [-0.39, 0.29) is 24.4 Å². The first-order valence-corrected chi connectivity index (χ1v) is 7.60. The van der Waals surface area contributed by atoms with E-state index in [4.69, 9.17) is 9.47 Å². The van der Waals surface area contributed by atoms with Crippen LogP contribution in [0.1, 0.15) is 31.4 Å². The molecule has 0 spiro atoms. The zero-order chi connectivity index (χ0) is 15.5. The fourth-order valence-electron chi connectivity index (χ4n) is 2.74. The number of carbonyl (C=O) groups is 2. The molecule has 1 aromatic rings. The Morgan fingerprint density at radius 3 is 2.82 bits per heavy atom. The lowest BCUT2D eigenvalue weighted by atomic mass is 10.1. The van der Waals surface area contributed by atoms with Crippen LogP contribution >= 0.6 is 0 Å². The molecule has 2 aliphatic heterocycles. The van der Waals surface area contributed by atoms with E-state index in [9.17, 15) is 9.59 Å². The van der Waals surface area contributed by atoms with Gasteiger partial charge in [-0.2, -0.15) is 0 Å². The summed E-state index contributed by atoms with van der Waals surface area (Å²) in [5, 5.41) is 2.92. The molecule has 22 heavy (non-hydrogen) atoms. The summed E-state index contributed by atoms with van der Waals surface area (Å²) in [5.74, 6) is 1.36. The van der Waals surface area contributed by atoms with Crippen LogP contribution in [0, 0.1) is 0 Å². The Balaban J connectivity index is 1.60. The Morgan fingerprint density at radius 2 is 2.09 bits per heavy atom. The summed E-state index contributed by atoms with van der Waals surface area (Å²) in [6.45, 7) is 3.81. The second-order valence-electron chi connectivity index (χ2n) is 5.61. The molecular formula is C16H20N2O4.